The fourth-order valence-corrected chi connectivity index (χ4v) is 2.01. The summed E-state index contributed by atoms with van der Waals surface area (Å²) in [5, 5.41) is 8.24. The molecule has 2 aromatic heterocycles. The van der Waals surface area contributed by atoms with E-state index < -0.39 is 0 Å². The van der Waals surface area contributed by atoms with Gasteiger partial charge in [-0.2, -0.15) is 0 Å². The Labute approximate surface area is 105 Å². The van der Waals surface area contributed by atoms with Gasteiger partial charge in [0.1, 0.15) is 5.82 Å². The second kappa shape index (κ2) is 4.87. The van der Waals surface area contributed by atoms with Gasteiger partial charge in [-0.1, -0.05) is 0 Å². The van der Waals surface area contributed by atoms with Gasteiger partial charge in [0.05, 0.1) is 0 Å². The van der Waals surface area contributed by atoms with E-state index in [2.05, 4.69) is 33.9 Å². The van der Waals surface area contributed by atoms with Gasteiger partial charge in [-0.3, -0.25) is 4.40 Å². The molecule has 2 heterocycles. The van der Waals surface area contributed by atoms with Gasteiger partial charge in [0.15, 0.2) is 5.82 Å². The minimum atomic E-state index is 0.324. The number of halogens is 1. The maximum absolute atomic E-state index is 5.83. The third-order valence-electron chi connectivity index (χ3n) is 2.70. The van der Waals surface area contributed by atoms with Crippen molar-refractivity contribution in [3.63, 3.8) is 0 Å². The molecule has 2 aromatic rings. The van der Waals surface area contributed by atoms with Crippen LogP contribution in [0.5, 0.6) is 0 Å². The summed E-state index contributed by atoms with van der Waals surface area (Å²) in [5.74, 6) is 2.26. The van der Waals surface area contributed by atoms with E-state index in [0.29, 0.717) is 11.9 Å². The molecule has 0 N–H and O–H groups in total. The Balaban J connectivity index is 2.52. The van der Waals surface area contributed by atoms with Crippen molar-refractivity contribution in [2.75, 3.05) is 17.3 Å². The summed E-state index contributed by atoms with van der Waals surface area (Å²) in [7, 11) is 0. The summed E-state index contributed by atoms with van der Waals surface area (Å²) in [5.41, 5.74) is 0.781. The lowest BCUT2D eigenvalue weighted by Crippen LogP contribution is -2.33. The summed E-state index contributed by atoms with van der Waals surface area (Å²) in [6.45, 7) is 6.89. The second-order valence-electron chi connectivity index (χ2n) is 4.17. The van der Waals surface area contributed by atoms with Gasteiger partial charge in [0.2, 0.25) is 5.65 Å². The van der Waals surface area contributed by atoms with Gasteiger partial charge in [0, 0.05) is 30.9 Å². The lowest BCUT2D eigenvalue weighted by atomic mass is 10.3. The number of hydrogen-bond donors (Lipinski definition) is 0. The zero-order valence-corrected chi connectivity index (χ0v) is 11.0. The summed E-state index contributed by atoms with van der Waals surface area (Å²) >= 11 is 5.83. The molecule has 0 fully saturated rings. The van der Waals surface area contributed by atoms with Crippen LogP contribution in [0.15, 0.2) is 12.4 Å². The minimum absolute atomic E-state index is 0.324. The molecule has 0 aliphatic rings. The Kier molecular flexibility index (Phi) is 3.47. The molecule has 0 bridgehead atoms. The van der Waals surface area contributed by atoms with Crippen molar-refractivity contribution in [3.05, 3.63) is 18.2 Å². The van der Waals surface area contributed by atoms with Crippen LogP contribution >= 0.6 is 11.6 Å². The number of alkyl halides is 1. The average molecular weight is 254 g/mol. The van der Waals surface area contributed by atoms with E-state index in [1.54, 1.807) is 6.20 Å². The second-order valence-corrected chi connectivity index (χ2v) is 4.55. The molecule has 17 heavy (non-hydrogen) atoms. The molecule has 92 valence electrons. The molecule has 2 rings (SSSR count). The summed E-state index contributed by atoms with van der Waals surface area (Å²) < 4.78 is 1.94. The van der Waals surface area contributed by atoms with Crippen LogP contribution in [-0.2, 0) is 0 Å². The zero-order valence-electron chi connectivity index (χ0n) is 10.3. The van der Waals surface area contributed by atoms with Crippen LogP contribution in [0.25, 0.3) is 5.65 Å². The SMILES string of the molecule is Cc1nnc2c(N(CCCl)C(C)C)nccn12. The Morgan fingerprint density at radius 2 is 2.18 bits per heavy atom. The molecular weight excluding hydrogens is 238 g/mol. The van der Waals surface area contributed by atoms with Gasteiger partial charge < -0.3 is 4.90 Å². The number of rotatable bonds is 4. The fraction of sp³-hybridized carbons (Fsp3) is 0.545. The van der Waals surface area contributed by atoms with Crippen molar-refractivity contribution in [3.8, 4) is 0 Å². The molecule has 0 radical (unpaired) electrons. The van der Waals surface area contributed by atoms with Crippen molar-refractivity contribution < 1.29 is 0 Å². The first kappa shape index (κ1) is 12.1. The van der Waals surface area contributed by atoms with Crippen molar-refractivity contribution in [1.82, 2.24) is 19.6 Å². The van der Waals surface area contributed by atoms with Crippen molar-refractivity contribution in [2.45, 2.75) is 26.8 Å². The Morgan fingerprint density at radius 1 is 1.41 bits per heavy atom. The maximum Gasteiger partial charge on any atom is 0.203 e. The van der Waals surface area contributed by atoms with Crippen molar-refractivity contribution >= 4 is 23.1 Å². The number of hydrogen-bond acceptors (Lipinski definition) is 4. The van der Waals surface area contributed by atoms with Crippen LogP contribution in [0.1, 0.15) is 19.7 Å². The van der Waals surface area contributed by atoms with E-state index in [9.17, 15) is 0 Å². The molecule has 0 aliphatic heterocycles. The van der Waals surface area contributed by atoms with Gasteiger partial charge in [-0.05, 0) is 20.8 Å². The average Bonchev–Trinajstić information content (AvgIpc) is 2.68. The number of fused-ring (bicyclic) bond motifs is 1. The molecule has 0 aliphatic carbocycles. The van der Waals surface area contributed by atoms with E-state index in [4.69, 9.17) is 11.6 Å². The summed E-state index contributed by atoms with van der Waals surface area (Å²) in [6.07, 6.45) is 3.63. The number of nitrogens with zero attached hydrogens (tertiary/aromatic N) is 5. The first-order chi connectivity index (χ1) is 8.15. The molecule has 0 atom stereocenters. The molecule has 0 spiro atoms. The third kappa shape index (κ3) is 2.20. The van der Waals surface area contributed by atoms with Crippen molar-refractivity contribution in [1.29, 1.82) is 0 Å². The summed E-state index contributed by atoms with van der Waals surface area (Å²) in [6, 6.07) is 0.324. The predicted molar refractivity (Wildman–Crippen MR) is 68.7 cm³/mol. The smallest absolute Gasteiger partial charge is 0.203 e. The number of aromatic nitrogens is 4. The monoisotopic (exact) mass is 253 g/mol. The van der Waals surface area contributed by atoms with Gasteiger partial charge in [-0.15, -0.1) is 21.8 Å². The minimum Gasteiger partial charge on any atom is -0.350 e. The van der Waals surface area contributed by atoms with Gasteiger partial charge in [-0.25, -0.2) is 4.98 Å². The predicted octanol–water partition coefficient (Wildman–Crippen LogP) is 1.89. The first-order valence-corrected chi connectivity index (χ1v) is 6.17. The van der Waals surface area contributed by atoms with E-state index in [0.717, 1.165) is 23.8 Å². The van der Waals surface area contributed by atoms with E-state index >= 15 is 0 Å². The standard InChI is InChI=1S/C11H16ClN5/c1-8(2)16(6-4-12)10-11-15-14-9(3)17(11)7-5-13-10/h5,7-8H,4,6H2,1-3H3. The van der Waals surface area contributed by atoms with Crippen LogP contribution in [-0.4, -0.2) is 38.0 Å². The van der Waals surface area contributed by atoms with Gasteiger partial charge in [0.25, 0.3) is 0 Å². The molecule has 0 saturated carbocycles. The van der Waals surface area contributed by atoms with Gasteiger partial charge >= 0.3 is 0 Å². The normalized spacial score (nSPS) is 11.4. The van der Waals surface area contributed by atoms with Crippen molar-refractivity contribution in [2.24, 2.45) is 0 Å². The molecule has 0 unspecified atom stereocenters. The molecular formula is C11H16ClN5. The van der Waals surface area contributed by atoms with Crippen LogP contribution in [0, 0.1) is 6.92 Å². The largest absolute Gasteiger partial charge is 0.350 e. The van der Waals surface area contributed by atoms with Crippen LogP contribution < -0.4 is 4.90 Å². The molecule has 0 aromatic carbocycles. The van der Waals surface area contributed by atoms with Crippen LogP contribution in [0.4, 0.5) is 5.82 Å². The highest BCUT2D eigenvalue weighted by Gasteiger charge is 2.16. The quantitative estimate of drug-likeness (QED) is 0.781. The molecule has 5 nitrogen and oxygen atoms in total. The Bertz CT molecular complexity index is 508. The van der Waals surface area contributed by atoms with Crippen LogP contribution in [0.3, 0.4) is 0 Å². The number of anilines is 1. The fourth-order valence-electron chi connectivity index (χ4n) is 1.83. The lowest BCUT2D eigenvalue weighted by Gasteiger charge is -2.26. The first-order valence-electron chi connectivity index (χ1n) is 5.64. The molecule has 6 heteroatoms. The number of aryl methyl sites for hydroxylation is 1. The zero-order chi connectivity index (χ0) is 12.4. The van der Waals surface area contributed by atoms with E-state index in [1.807, 2.05) is 17.5 Å². The molecule has 0 saturated heterocycles. The Hall–Kier alpha value is -1.36. The third-order valence-corrected chi connectivity index (χ3v) is 2.87. The molecule has 0 amide bonds. The summed E-state index contributed by atoms with van der Waals surface area (Å²) in [4.78, 5) is 6.54. The topological polar surface area (TPSA) is 46.3 Å². The lowest BCUT2D eigenvalue weighted by molar-refractivity contribution is 0.695. The highest BCUT2D eigenvalue weighted by Crippen LogP contribution is 2.19. The highest BCUT2D eigenvalue weighted by molar-refractivity contribution is 6.18. The van der Waals surface area contributed by atoms with Crippen LogP contribution in [0.2, 0.25) is 0 Å². The highest BCUT2D eigenvalue weighted by atomic mass is 35.5. The van der Waals surface area contributed by atoms with E-state index in [1.165, 1.54) is 0 Å². The van der Waals surface area contributed by atoms with E-state index in [-0.39, 0.29) is 0 Å². The maximum atomic E-state index is 5.83. The Morgan fingerprint density at radius 3 is 2.82 bits per heavy atom.